The highest BCUT2D eigenvalue weighted by Crippen LogP contribution is 2.26. The van der Waals surface area contributed by atoms with Gasteiger partial charge in [-0.05, 0) is 42.7 Å². The number of hydrogen-bond acceptors (Lipinski definition) is 2. The monoisotopic (exact) mass is 409 g/mol. The third kappa shape index (κ3) is 4.31. The predicted molar refractivity (Wildman–Crippen MR) is 92.5 cm³/mol. The molecule has 0 spiro atoms. The maximum Gasteiger partial charge on any atom is 0.120 e. The van der Waals surface area contributed by atoms with Gasteiger partial charge in [-0.2, -0.15) is 0 Å². The van der Waals surface area contributed by atoms with Gasteiger partial charge in [0.1, 0.15) is 12.4 Å². The van der Waals surface area contributed by atoms with Gasteiger partial charge in [-0.15, -0.1) is 0 Å². The standard InChI is InChI=1S/C17H17Br2NO/c18-16-4-2-1-3-12(16)11-21-15-7-8-17(19)13(9-15)10-20-14-5-6-14/h1-4,7-9,14,20H,5-6,10-11H2. The second-order valence-corrected chi connectivity index (χ2v) is 7.00. The van der Waals surface area contributed by atoms with Gasteiger partial charge in [0.05, 0.1) is 0 Å². The molecule has 1 fully saturated rings. The van der Waals surface area contributed by atoms with Crippen LogP contribution in [0.25, 0.3) is 0 Å². The summed E-state index contributed by atoms with van der Waals surface area (Å²) in [7, 11) is 0. The molecule has 2 aromatic rings. The van der Waals surface area contributed by atoms with Gasteiger partial charge >= 0.3 is 0 Å². The second kappa shape index (κ2) is 6.95. The van der Waals surface area contributed by atoms with Crippen molar-refractivity contribution in [2.45, 2.75) is 32.0 Å². The molecule has 0 unspecified atom stereocenters. The van der Waals surface area contributed by atoms with Crippen LogP contribution in [0, 0.1) is 0 Å². The van der Waals surface area contributed by atoms with Gasteiger partial charge in [-0.3, -0.25) is 0 Å². The lowest BCUT2D eigenvalue weighted by Crippen LogP contribution is -2.15. The van der Waals surface area contributed by atoms with Crippen LogP contribution in [0.3, 0.4) is 0 Å². The molecule has 1 aliphatic rings. The maximum absolute atomic E-state index is 5.91. The Hall–Kier alpha value is -0.840. The van der Waals surface area contributed by atoms with Crippen LogP contribution in [-0.2, 0) is 13.2 Å². The van der Waals surface area contributed by atoms with Crippen molar-refractivity contribution in [2.75, 3.05) is 0 Å². The first-order valence-corrected chi connectivity index (χ1v) is 8.69. The molecule has 2 aromatic carbocycles. The minimum absolute atomic E-state index is 0.568. The summed E-state index contributed by atoms with van der Waals surface area (Å²) in [5, 5.41) is 3.53. The Labute approximate surface area is 142 Å². The van der Waals surface area contributed by atoms with Crippen LogP contribution in [0.1, 0.15) is 24.0 Å². The van der Waals surface area contributed by atoms with Crippen molar-refractivity contribution in [1.29, 1.82) is 0 Å². The van der Waals surface area contributed by atoms with E-state index in [0.29, 0.717) is 12.6 Å². The normalized spacial score (nSPS) is 14.2. The Morgan fingerprint density at radius 3 is 2.52 bits per heavy atom. The average molecular weight is 411 g/mol. The maximum atomic E-state index is 5.91. The Kier molecular flexibility index (Phi) is 4.99. The predicted octanol–water partition coefficient (Wildman–Crippen LogP) is 5.04. The quantitative estimate of drug-likeness (QED) is 0.719. The molecule has 1 aliphatic carbocycles. The minimum atomic E-state index is 0.568. The van der Waals surface area contributed by atoms with E-state index in [1.165, 1.54) is 18.4 Å². The van der Waals surface area contributed by atoms with Crippen molar-refractivity contribution in [1.82, 2.24) is 5.32 Å². The minimum Gasteiger partial charge on any atom is -0.489 e. The molecule has 0 aliphatic heterocycles. The summed E-state index contributed by atoms with van der Waals surface area (Å²) in [5.41, 5.74) is 2.39. The Bertz CT molecular complexity index is 626. The molecule has 0 radical (unpaired) electrons. The summed E-state index contributed by atoms with van der Waals surface area (Å²) >= 11 is 7.15. The first-order valence-electron chi connectivity index (χ1n) is 7.10. The van der Waals surface area contributed by atoms with Crippen molar-refractivity contribution in [3.8, 4) is 5.75 Å². The van der Waals surface area contributed by atoms with Gasteiger partial charge in [0.25, 0.3) is 0 Å². The average Bonchev–Trinajstić information content (AvgIpc) is 3.31. The van der Waals surface area contributed by atoms with Crippen LogP contribution in [0.5, 0.6) is 5.75 Å². The fraction of sp³-hybridized carbons (Fsp3) is 0.294. The van der Waals surface area contributed by atoms with Crippen LogP contribution in [-0.4, -0.2) is 6.04 Å². The molecule has 0 heterocycles. The SMILES string of the molecule is Brc1ccc(OCc2ccccc2Br)cc1CNC1CC1. The van der Waals surface area contributed by atoms with Gasteiger partial charge in [-0.25, -0.2) is 0 Å². The molecule has 110 valence electrons. The first kappa shape index (κ1) is 15.1. The van der Waals surface area contributed by atoms with Gasteiger partial charge < -0.3 is 10.1 Å². The van der Waals surface area contributed by atoms with Crippen molar-refractivity contribution in [3.05, 3.63) is 62.5 Å². The Balaban J connectivity index is 1.64. The summed E-state index contributed by atoms with van der Waals surface area (Å²) in [6.45, 7) is 1.45. The van der Waals surface area contributed by atoms with Crippen molar-refractivity contribution >= 4 is 31.9 Å². The third-order valence-electron chi connectivity index (χ3n) is 3.53. The number of ether oxygens (including phenoxy) is 1. The van der Waals surface area contributed by atoms with Crippen LogP contribution >= 0.6 is 31.9 Å². The summed E-state index contributed by atoms with van der Waals surface area (Å²) in [4.78, 5) is 0. The molecule has 4 heteroatoms. The number of nitrogens with one attached hydrogen (secondary N) is 1. The van der Waals surface area contributed by atoms with Crippen molar-refractivity contribution in [3.63, 3.8) is 0 Å². The molecule has 1 N–H and O–H groups in total. The lowest BCUT2D eigenvalue weighted by atomic mass is 10.2. The zero-order valence-corrected chi connectivity index (χ0v) is 14.8. The highest BCUT2D eigenvalue weighted by Gasteiger charge is 2.20. The molecule has 0 amide bonds. The topological polar surface area (TPSA) is 21.3 Å². The summed E-state index contributed by atoms with van der Waals surface area (Å²) in [6, 6.07) is 15.0. The molecular formula is C17H17Br2NO. The smallest absolute Gasteiger partial charge is 0.120 e. The number of hydrogen-bond donors (Lipinski definition) is 1. The number of benzene rings is 2. The third-order valence-corrected chi connectivity index (χ3v) is 5.08. The van der Waals surface area contributed by atoms with Crippen LogP contribution in [0.15, 0.2) is 51.4 Å². The summed E-state index contributed by atoms with van der Waals surface area (Å²) < 4.78 is 8.12. The van der Waals surface area contributed by atoms with E-state index in [9.17, 15) is 0 Å². The Morgan fingerprint density at radius 2 is 1.76 bits per heavy atom. The second-order valence-electron chi connectivity index (χ2n) is 5.29. The van der Waals surface area contributed by atoms with Crippen LogP contribution < -0.4 is 10.1 Å². The molecule has 2 nitrogen and oxygen atoms in total. The number of rotatable bonds is 6. The lowest BCUT2D eigenvalue weighted by Gasteiger charge is -2.11. The zero-order valence-electron chi connectivity index (χ0n) is 11.6. The molecular weight excluding hydrogens is 394 g/mol. The van der Waals surface area contributed by atoms with Gasteiger partial charge in [-0.1, -0.05) is 50.1 Å². The van der Waals surface area contributed by atoms with Crippen molar-refractivity contribution in [2.24, 2.45) is 0 Å². The largest absolute Gasteiger partial charge is 0.489 e. The van der Waals surface area contributed by atoms with E-state index in [0.717, 1.165) is 26.8 Å². The molecule has 0 aromatic heterocycles. The summed E-state index contributed by atoms with van der Waals surface area (Å²) in [6.07, 6.45) is 2.60. The number of halogens is 2. The van der Waals surface area contributed by atoms with E-state index in [1.54, 1.807) is 0 Å². The fourth-order valence-corrected chi connectivity index (χ4v) is 2.88. The fourth-order valence-electron chi connectivity index (χ4n) is 2.09. The van der Waals surface area contributed by atoms with E-state index in [2.05, 4.69) is 55.4 Å². The van der Waals surface area contributed by atoms with E-state index in [1.807, 2.05) is 24.3 Å². The molecule has 21 heavy (non-hydrogen) atoms. The molecule has 0 saturated heterocycles. The molecule has 0 bridgehead atoms. The van der Waals surface area contributed by atoms with E-state index in [4.69, 9.17) is 4.74 Å². The molecule has 1 saturated carbocycles. The van der Waals surface area contributed by atoms with E-state index >= 15 is 0 Å². The Morgan fingerprint density at radius 1 is 1.00 bits per heavy atom. The highest BCUT2D eigenvalue weighted by molar-refractivity contribution is 9.10. The molecule has 0 atom stereocenters. The van der Waals surface area contributed by atoms with E-state index < -0.39 is 0 Å². The van der Waals surface area contributed by atoms with Gasteiger partial charge in [0, 0.05) is 27.1 Å². The van der Waals surface area contributed by atoms with Gasteiger partial charge in [0.2, 0.25) is 0 Å². The summed E-state index contributed by atoms with van der Waals surface area (Å²) in [5.74, 6) is 0.904. The molecule has 3 rings (SSSR count). The zero-order chi connectivity index (χ0) is 14.7. The van der Waals surface area contributed by atoms with Gasteiger partial charge in [0.15, 0.2) is 0 Å². The van der Waals surface area contributed by atoms with Crippen molar-refractivity contribution < 1.29 is 4.74 Å². The van der Waals surface area contributed by atoms with Crippen LogP contribution in [0.4, 0.5) is 0 Å². The van der Waals surface area contributed by atoms with E-state index in [-0.39, 0.29) is 0 Å². The highest BCUT2D eigenvalue weighted by atomic mass is 79.9. The lowest BCUT2D eigenvalue weighted by molar-refractivity contribution is 0.305. The first-order chi connectivity index (χ1) is 10.2. The van der Waals surface area contributed by atoms with Crippen LogP contribution in [0.2, 0.25) is 0 Å².